The van der Waals surface area contributed by atoms with Crippen LogP contribution in [0.3, 0.4) is 0 Å². The molecule has 2 aromatic carbocycles. The Bertz CT molecular complexity index is 628. The summed E-state index contributed by atoms with van der Waals surface area (Å²) in [5.74, 6) is 0. The molecule has 0 spiro atoms. The molecule has 3 rings (SSSR count). The van der Waals surface area contributed by atoms with Crippen LogP contribution in [0.4, 0.5) is 0 Å². The SMILES string of the molecule is CN1CCN(C(c2ccc(Cl)cc2)c2ccccc2Br)CC1.Cl.Cl. The zero-order chi connectivity index (χ0) is 15.5. The monoisotopic (exact) mass is 450 g/mol. The van der Waals surface area contributed by atoms with Gasteiger partial charge < -0.3 is 4.90 Å². The smallest absolute Gasteiger partial charge is 0.0613 e. The van der Waals surface area contributed by atoms with Gasteiger partial charge in [-0.15, -0.1) is 24.8 Å². The van der Waals surface area contributed by atoms with Gasteiger partial charge in [0.1, 0.15) is 0 Å². The fourth-order valence-corrected chi connectivity index (χ4v) is 3.64. The van der Waals surface area contributed by atoms with Gasteiger partial charge in [0.15, 0.2) is 0 Å². The van der Waals surface area contributed by atoms with Gasteiger partial charge in [-0.1, -0.05) is 57.9 Å². The molecule has 2 aromatic rings. The van der Waals surface area contributed by atoms with Crippen LogP contribution in [-0.2, 0) is 0 Å². The number of hydrogen-bond acceptors (Lipinski definition) is 2. The maximum Gasteiger partial charge on any atom is 0.0613 e. The van der Waals surface area contributed by atoms with Crippen molar-refractivity contribution in [1.29, 1.82) is 0 Å². The summed E-state index contributed by atoms with van der Waals surface area (Å²) < 4.78 is 1.16. The molecule has 0 aromatic heterocycles. The van der Waals surface area contributed by atoms with Crippen molar-refractivity contribution >= 4 is 52.3 Å². The highest BCUT2D eigenvalue weighted by molar-refractivity contribution is 9.10. The average Bonchev–Trinajstić information content (AvgIpc) is 2.53. The van der Waals surface area contributed by atoms with Gasteiger partial charge >= 0.3 is 0 Å². The standard InChI is InChI=1S/C18H20BrClN2.2ClH/c1-21-10-12-22(13-11-21)18(14-6-8-15(20)9-7-14)16-4-2-3-5-17(16)19;;/h2-9,18H,10-13H2,1H3;2*1H. The molecule has 6 heteroatoms. The van der Waals surface area contributed by atoms with Crippen LogP contribution in [0.2, 0.25) is 5.02 Å². The van der Waals surface area contributed by atoms with Crippen molar-refractivity contribution < 1.29 is 0 Å². The van der Waals surface area contributed by atoms with E-state index in [1.54, 1.807) is 0 Å². The minimum atomic E-state index is 0. The predicted molar refractivity (Wildman–Crippen MR) is 111 cm³/mol. The first-order valence-electron chi connectivity index (χ1n) is 7.57. The molecule has 2 nitrogen and oxygen atoms in total. The Hall–Kier alpha value is -0.290. The van der Waals surface area contributed by atoms with Gasteiger partial charge in [-0.2, -0.15) is 0 Å². The molecule has 0 N–H and O–H groups in total. The molecule has 1 unspecified atom stereocenters. The summed E-state index contributed by atoms with van der Waals surface area (Å²) in [7, 11) is 2.19. The lowest BCUT2D eigenvalue weighted by Gasteiger charge is -2.38. The van der Waals surface area contributed by atoms with Crippen molar-refractivity contribution in [2.45, 2.75) is 6.04 Å². The zero-order valence-corrected chi connectivity index (χ0v) is 17.5. The average molecular weight is 453 g/mol. The molecule has 1 saturated heterocycles. The number of nitrogens with zero attached hydrogens (tertiary/aromatic N) is 2. The molecule has 0 saturated carbocycles. The molecule has 0 amide bonds. The van der Waals surface area contributed by atoms with Crippen molar-refractivity contribution in [3.8, 4) is 0 Å². The van der Waals surface area contributed by atoms with Crippen molar-refractivity contribution in [2.24, 2.45) is 0 Å². The highest BCUT2D eigenvalue weighted by Crippen LogP contribution is 2.34. The Morgan fingerprint density at radius 2 is 1.50 bits per heavy atom. The molecule has 132 valence electrons. The van der Waals surface area contributed by atoms with E-state index in [9.17, 15) is 0 Å². The highest BCUT2D eigenvalue weighted by atomic mass is 79.9. The molecule has 0 bridgehead atoms. The Balaban J connectivity index is 0.00000144. The van der Waals surface area contributed by atoms with Crippen LogP contribution in [0.5, 0.6) is 0 Å². The molecule has 0 radical (unpaired) electrons. The number of halogens is 4. The van der Waals surface area contributed by atoms with E-state index in [1.807, 2.05) is 12.1 Å². The highest BCUT2D eigenvalue weighted by Gasteiger charge is 2.26. The van der Waals surface area contributed by atoms with Gasteiger partial charge in [-0.25, -0.2) is 0 Å². The Labute approximate surface area is 170 Å². The largest absolute Gasteiger partial charge is 0.304 e. The summed E-state index contributed by atoms with van der Waals surface area (Å²) in [5, 5.41) is 0.785. The summed E-state index contributed by atoms with van der Waals surface area (Å²) in [5.41, 5.74) is 2.61. The van der Waals surface area contributed by atoms with Crippen molar-refractivity contribution in [1.82, 2.24) is 9.80 Å². The Kier molecular flexibility index (Phi) is 9.07. The number of benzene rings is 2. The van der Waals surface area contributed by atoms with Crippen LogP contribution in [-0.4, -0.2) is 43.0 Å². The molecule has 1 atom stereocenters. The molecular formula is C18H22BrCl3N2. The van der Waals surface area contributed by atoms with E-state index in [1.165, 1.54) is 11.1 Å². The van der Waals surface area contributed by atoms with Crippen LogP contribution in [0, 0.1) is 0 Å². The van der Waals surface area contributed by atoms with E-state index in [4.69, 9.17) is 11.6 Å². The molecule has 1 heterocycles. The van der Waals surface area contributed by atoms with E-state index in [0.29, 0.717) is 0 Å². The first-order chi connectivity index (χ1) is 10.6. The third-order valence-corrected chi connectivity index (χ3v) is 5.26. The van der Waals surface area contributed by atoms with Crippen molar-refractivity contribution in [3.63, 3.8) is 0 Å². The lowest BCUT2D eigenvalue weighted by Crippen LogP contribution is -2.46. The minimum absolute atomic E-state index is 0. The maximum atomic E-state index is 6.07. The molecule has 24 heavy (non-hydrogen) atoms. The first kappa shape index (κ1) is 21.8. The second-order valence-corrected chi connectivity index (χ2v) is 7.11. The molecular weight excluding hydrogens is 430 g/mol. The summed E-state index contributed by atoms with van der Waals surface area (Å²) in [6.07, 6.45) is 0. The van der Waals surface area contributed by atoms with Crippen LogP contribution in [0.25, 0.3) is 0 Å². The third-order valence-electron chi connectivity index (χ3n) is 4.29. The molecule has 0 aliphatic carbocycles. The quantitative estimate of drug-likeness (QED) is 0.625. The number of hydrogen-bond donors (Lipinski definition) is 0. The van der Waals surface area contributed by atoms with Crippen LogP contribution < -0.4 is 0 Å². The lowest BCUT2D eigenvalue weighted by atomic mass is 9.96. The molecule has 1 aliphatic heterocycles. The third kappa shape index (κ3) is 5.10. The van der Waals surface area contributed by atoms with Gasteiger partial charge in [0.05, 0.1) is 6.04 Å². The number of rotatable bonds is 3. The van der Waals surface area contributed by atoms with Crippen LogP contribution in [0.15, 0.2) is 53.0 Å². The Morgan fingerprint density at radius 1 is 0.917 bits per heavy atom. The number of likely N-dealkylation sites (N-methyl/N-ethyl adjacent to an activating group) is 1. The second-order valence-electron chi connectivity index (χ2n) is 5.81. The van der Waals surface area contributed by atoms with E-state index < -0.39 is 0 Å². The van der Waals surface area contributed by atoms with Crippen LogP contribution >= 0.6 is 52.3 Å². The van der Waals surface area contributed by atoms with E-state index in [0.717, 1.165) is 35.7 Å². The van der Waals surface area contributed by atoms with E-state index >= 15 is 0 Å². The van der Waals surface area contributed by atoms with Gasteiger partial charge in [-0.3, -0.25) is 4.90 Å². The predicted octanol–water partition coefficient (Wildman–Crippen LogP) is 5.28. The summed E-state index contributed by atoms with van der Waals surface area (Å²) in [6, 6.07) is 17.0. The normalized spacial score (nSPS) is 16.8. The van der Waals surface area contributed by atoms with Gasteiger partial charge in [-0.05, 0) is 36.4 Å². The van der Waals surface area contributed by atoms with Crippen molar-refractivity contribution in [3.05, 3.63) is 69.2 Å². The minimum Gasteiger partial charge on any atom is -0.304 e. The van der Waals surface area contributed by atoms with Gasteiger partial charge in [0.2, 0.25) is 0 Å². The van der Waals surface area contributed by atoms with E-state index in [2.05, 4.69) is 69.2 Å². The fourth-order valence-electron chi connectivity index (χ4n) is 3.01. The second kappa shape index (κ2) is 10.0. The van der Waals surface area contributed by atoms with E-state index in [-0.39, 0.29) is 30.9 Å². The molecule has 1 aliphatic rings. The fraction of sp³-hybridized carbons (Fsp3) is 0.333. The summed E-state index contributed by atoms with van der Waals surface area (Å²) >= 11 is 9.79. The van der Waals surface area contributed by atoms with Crippen LogP contribution in [0.1, 0.15) is 17.2 Å². The maximum absolute atomic E-state index is 6.07. The zero-order valence-electron chi connectivity index (χ0n) is 13.5. The molecule has 1 fully saturated rings. The first-order valence-corrected chi connectivity index (χ1v) is 8.75. The van der Waals surface area contributed by atoms with Gasteiger partial charge in [0.25, 0.3) is 0 Å². The Morgan fingerprint density at radius 3 is 2.08 bits per heavy atom. The van der Waals surface area contributed by atoms with Crippen molar-refractivity contribution in [2.75, 3.05) is 33.2 Å². The van der Waals surface area contributed by atoms with Gasteiger partial charge in [0, 0.05) is 35.7 Å². The summed E-state index contributed by atoms with van der Waals surface area (Å²) in [4.78, 5) is 4.94. The lowest BCUT2D eigenvalue weighted by molar-refractivity contribution is 0.127. The topological polar surface area (TPSA) is 6.48 Å². The number of piperazine rings is 1. The summed E-state index contributed by atoms with van der Waals surface area (Å²) in [6.45, 7) is 4.36.